The van der Waals surface area contributed by atoms with Crippen molar-refractivity contribution in [3.05, 3.63) is 30.1 Å². The maximum absolute atomic E-state index is 12.5. The molecule has 2 aliphatic heterocycles. The highest BCUT2D eigenvalue weighted by molar-refractivity contribution is 5.78. The van der Waals surface area contributed by atoms with E-state index in [9.17, 15) is 4.79 Å². The van der Waals surface area contributed by atoms with Crippen molar-refractivity contribution >= 4 is 5.91 Å². The van der Waals surface area contributed by atoms with Crippen molar-refractivity contribution in [1.29, 1.82) is 0 Å². The van der Waals surface area contributed by atoms with Crippen LogP contribution in [-0.4, -0.2) is 85.8 Å². The predicted octanol–water partition coefficient (Wildman–Crippen LogP) is 0.509. The van der Waals surface area contributed by atoms with E-state index in [2.05, 4.69) is 27.1 Å². The molecule has 2 atom stereocenters. The lowest BCUT2D eigenvalue weighted by Gasteiger charge is -2.32. The SMILES string of the molecule is CN1CCCN(CC(=O)N[C@@H]2CCOC[C@H]2OCc2ccccn2)CC1. The van der Waals surface area contributed by atoms with Gasteiger partial charge in [0.25, 0.3) is 0 Å². The number of likely N-dealkylation sites (N-methyl/N-ethyl adjacent to an activating group) is 1. The zero-order valence-corrected chi connectivity index (χ0v) is 15.6. The summed E-state index contributed by atoms with van der Waals surface area (Å²) in [5.41, 5.74) is 0.886. The molecule has 0 radical (unpaired) electrons. The fourth-order valence-corrected chi connectivity index (χ4v) is 3.43. The number of ether oxygens (including phenoxy) is 2. The molecule has 0 aliphatic carbocycles. The number of aromatic nitrogens is 1. The van der Waals surface area contributed by atoms with Crippen LogP contribution in [0, 0.1) is 0 Å². The van der Waals surface area contributed by atoms with Crippen molar-refractivity contribution in [2.45, 2.75) is 31.6 Å². The van der Waals surface area contributed by atoms with Crippen molar-refractivity contribution in [3.8, 4) is 0 Å². The first kappa shape index (κ1) is 19.2. The average Bonchev–Trinajstić information content (AvgIpc) is 2.86. The number of carbonyl (C=O) groups excluding carboxylic acids is 1. The van der Waals surface area contributed by atoms with E-state index in [0.29, 0.717) is 26.4 Å². The molecule has 0 aromatic carbocycles. The zero-order valence-electron chi connectivity index (χ0n) is 15.6. The quantitative estimate of drug-likeness (QED) is 0.795. The van der Waals surface area contributed by atoms with Gasteiger partial charge in [0.15, 0.2) is 0 Å². The summed E-state index contributed by atoms with van der Waals surface area (Å²) in [6, 6.07) is 5.76. The van der Waals surface area contributed by atoms with Crippen LogP contribution in [0.5, 0.6) is 0 Å². The van der Waals surface area contributed by atoms with Gasteiger partial charge in [0.1, 0.15) is 6.10 Å². The number of hydrogen-bond acceptors (Lipinski definition) is 6. The van der Waals surface area contributed by atoms with Crippen LogP contribution in [-0.2, 0) is 20.9 Å². The summed E-state index contributed by atoms with van der Waals surface area (Å²) >= 11 is 0. The molecule has 0 spiro atoms. The third kappa shape index (κ3) is 6.02. The summed E-state index contributed by atoms with van der Waals surface area (Å²) in [5.74, 6) is 0.0767. The van der Waals surface area contributed by atoms with E-state index in [0.717, 1.165) is 44.7 Å². The molecule has 2 saturated heterocycles. The Bertz CT molecular complexity index is 557. The summed E-state index contributed by atoms with van der Waals surface area (Å²) in [6.07, 6.45) is 3.51. The van der Waals surface area contributed by atoms with E-state index < -0.39 is 0 Å². The van der Waals surface area contributed by atoms with Gasteiger partial charge in [-0.15, -0.1) is 0 Å². The van der Waals surface area contributed by atoms with Crippen molar-refractivity contribution in [3.63, 3.8) is 0 Å². The van der Waals surface area contributed by atoms with Crippen LogP contribution < -0.4 is 5.32 Å². The second-order valence-corrected chi connectivity index (χ2v) is 7.14. The standard InChI is InChI=1S/C19H30N4O3/c1-22-8-4-9-23(11-10-22)13-19(24)21-17-6-12-25-15-18(17)26-14-16-5-2-3-7-20-16/h2-3,5,7,17-18H,4,6,8-15H2,1H3,(H,21,24)/t17-,18-/m1/s1. The maximum atomic E-state index is 12.5. The Morgan fingerprint density at radius 2 is 2.27 bits per heavy atom. The lowest BCUT2D eigenvalue weighted by molar-refractivity contribution is -0.127. The fraction of sp³-hybridized carbons (Fsp3) is 0.684. The van der Waals surface area contributed by atoms with Gasteiger partial charge in [-0.05, 0) is 45.1 Å². The molecule has 2 fully saturated rings. The number of hydrogen-bond donors (Lipinski definition) is 1. The molecule has 26 heavy (non-hydrogen) atoms. The Balaban J connectivity index is 1.47. The van der Waals surface area contributed by atoms with E-state index in [-0.39, 0.29) is 18.1 Å². The van der Waals surface area contributed by atoms with Gasteiger partial charge < -0.3 is 19.7 Å². The molecule has 3 rings (SSSR count). The number of amides is 1. The van der Waals surface area contributed by atoms with Gasteiger partial charge in [-0.1, -0.05) is 6.07 Å². The van der Waals surface area contributed by atoms with Crippen LogP contribution in [0.3, 0.4) is 0 Å². The van der Waals surface area contributed by atoms with Crippen molar-refractivity contribution in [2.24, 2.45) is 0 Å². The molecule has 1 aromatic heterocycles. The van der Waals surface area contributed by atoms with Gasteiger partial charge in [0.2, 0.25) is 5.91 Å². The maximum Gasteiger partial charge on any atom is 0.234 e. The summed E-state index contributed by atoms with van der Waals surface area (Å²) in [6.45, 7) is 6.08. The second kappa shape index (κ2) is 9.97. The first-order chi connectivity index (χ1) is 12.7. The number of carbonyl (C=O) groups is 1. The number of nitrogens with zero attached hydrogens (tertiary/aromatic N) is 3. The molecule has 0 saturated carbocycles. The number of rotatable bonds is 6. The number of nitrogens with one attached hydrogen (secondary N) is 1. The second-order valence-electron chi connectivity index (χ2n) is 7.14. The van der Waals surface area contributed by atoms with Crippen molar-refractivity contribution in [2.75, 3.05) is 53.0 Å². The van der Waals surface area contributed by atoms with Crippen LogP contribution in [0.2, 0.25) is 0 Å². The Morgan fingerprint density at radius 1 is 1.35 bits per heavy atom. The summed E-state index contributed by atoms with van der Waals surface area (Å²) in [7, 11) is 2.13. The van der Waals surface area contributed by atoms with Gasteiger partial charge in [-0.3, -0.25) is 14.7 Å². The highest BCUT2D eigenvalue weighted by Gasteiger charge is 2.28. The molecule has 1 amide bonds. The van der Waals surface area contributed by atoms with E-state index in [1.54, 1.807) is 6.20 Å². The van der Waals surface area contributed by atoms with Crippen LogP contribution in [0.25, 0.3) is 0 Å². The van der Waals surface area contributed by atoms with Crippen molar-refractivity contribution in [1.82, 2.24) is 20.1 Å². The normalized spacial score (nSPS) is 25.6. The summed E-state index contributed by atoms with van der Waals surface area (Å²) in [5, 5.41) is 3.16. The van der Waals surface area contributed by atoms with Gasteiger partial charge in [0, 0.05) is 25.9 Å². The Kier molecular flexibility index (Phi) is 7.37. The molecule has 7 heteroatoms. The van der Waals surface area contributed by atoms with E-state index >= 15 is 0 Å². The van der Waals surface area contributed by atoms with E-state index in [1.807, 2.05) is 18.2 Å². The Morgan fingerprint density at radius 3 is 3.12 bits per heavy atom. The molecule has 144 valence electrons. The molecule has 0 bridgehead atoms. The Hall–Kier alpha value is -1.54. The van der Waals surface area contributed by atoms with Crippen molar-refractivity contribution < 1.29 is 14.3 Å². The molecule has 2 aliphatic rings. The first-order valence-electron chi connectivity index (χ1n) is 9.50. The lowest BCUT2D eigenvalue weighted by Crippen LogP contribution is -2.52. The largest absolute Gasteiger partial charge is 0.379 e. The average molecular weight is 362 g/mol. The molecule has 1 aromatic rings. The minimum Gasteiger partial charge on any atom is -0.379 e. The van der Waals surface area contributed by atoms with Gasteiger partial charge >= 0.3 is 0 Å². The third-order valence-corrected chi connectivity index (χ3v) is 5.00. The smallest absolute Gasteiger partial charge is 0.234 e. The van der Waals surface area contributed by atoms with E-state index in [1.165, 1.54) is 0 Å². The molecule has 1 N–H and O–H groups in total. The summed E-state index contributed by atoms with van der Waals surface area (Å²) < 4.78 is 11.5. The predicted molar refractivity (Wildman–Crippen MR) is 98.7 cm³/mol. The van der Waals surface area contributed by atoms with Gasteiger partial charge in [0.05, 0.1) is 31.5 Å². The van der Waals surface area contributed by atoms with Gasteiger partial charge in [-0.2, -0.15) is 0 Å². The third-order valence-electron chi connectivity index (χ3n) is 5.00. The summed E-state index contributed by atoms with van der Waals surface area (Å²) in [4.78, 5) is 21.4. The van der Waals surface area contributed by atoms with Crippen LogP contribution in [0.1, 0.15) is 18.5 Å². The first-order valence-corrected chi connectivity index (χ1v) is 9.50. The number of pyridine rings is 1. The minimum absolute atomic E-state index is 0.00499. The minimum atomic E-state index is -0.134. The fourth-order valence-electron chi connectivity index (χ4n) is 3.43. The molecular weight excluding hydrogens is 332 g/mol. The van der Waals surface area contributed by atoms with Crippen LogP contribution in [0.15, 0.2) is 24.4 Å². The van der Waals surface area contributed by atoms with Crippen LogP contribution >= 0.6 is 0 Å². The van der Waals surface area contributed by atoms with Crippen LogP contribution in [0.4, 0.5) is 0 Å². The van der Waals surface area contributed by atoms with Gasteiger partial charge in [-0.25, -0.2) is 0 Å². The topological polar surface area (TPSA) is 66.9 Å². The molecule has 3 heterocycles. The zero-order chi connectivity index (χ0) is 18.2. The Labute approximate surface area is 155 Å². The molecule has 7 nitrogen and oxygen atoms in total. The lowest BCUT2D eigenvalue weighted by atomic mass is 10.1. The monoisotopic (exact) mass is 362 g/mol. The highest BCUT2D eigenvalue weighted by Crippen LogP contribution is 2.13. The molecule has 0 unspecified atom stereocenters. The highest BCUT2D eigenvalue weighted by atomic mass is 16.5. The molecular formula is C19H30N4O3. The van der Waals surface area contributed by atoms with E-state index in [4.69, 9.17) is 9.47 Å².